The number of hydrogen-bond donors (Lipinski definition) is 1. The topological polar surface area (TPSA) is 49.8 Å². The predicted octanol–water partition coefficient (Wildman–Crippen LogP) is 2.06. The fraction of sp³-hybridized carbons (Fsp3) is 0.933. The van der Waals surface area contributed by atoms with E-state index in [0.29, 0.717) is 19.1 Å². The van der Waals surface area contributed by atoms with Gasteiger partial charge in [-0.15, -0.1) is 0 Å². The molecule has 1 aliphatic heterocycles. The van der Waals surface area contributed by atoms with Gasteiger partial charge in [-0.25, -0.2) is 0 Å². The summed E-state index contributed by atoms with van der Waals surface area (Å²) in [4.78, 5) is 14.1. The van der Waals surface area contributed by atoms with Crippen LogP contribution in [0, 0.1) is 11.8 Å². The lowest BCUT2D eigenvalue weighted by molar-refractivity contribution is -0.145. The zero-order valence-electron chi connectivity index (χ0n) is 12.8. The van der Waals surface area contributed by atoms with E-state index in [0.717, 1.165) is 25.8 Å². The summed E-state index contributed by atoms with van der Waals surface area (Å²) in [5, 5.41) is 9.65. The van der Waals surface area contributed by atoms with Crippen molar-refractivity contribution in [3.8, 4) is 0 Å². The lowest BCUT2D eigenvalue weighted by Gasteiger charge is -2.35. The number of nitrogens with zero attached hydrogens (tertiary/aromatic N) is 1. The predicted molar refractivity (Wildman–Crippen MR) is 75.9 cm³/mol. The molecule has 0 radical (unpaired) electrons. The number of rotatable bonds is 6. The van der Waals surface area contributed by atoms with Crippen molar-refractivity contribution in [3.05, 3.63) is 0 Å². The summed E-state index contributed by atoms with van der Waals surface area (Å²) in [6.45, 7) is 10.0. The minimum atomic E-state index is -0.369. The minimum Gasteiger partial charge on any atom is -0.393 e. The molecule has 112 valence electrons. The minimum absolute atomic E-state index is 0.0640. The molecule has 0 saturated carbocycles. The Morgan fingerprint density at radius 2 is 2.05 bits per heavy atom. The molecule has 3 atom stereocenters. The lowest BCUT2D eigenvalue weighted by Crippen LogP contribution is -2.47. The SMILES string of the molecule is CC(C)CCOC(C)C(=O)N1CCCC(C(C)O)C1. The van der Waals surface area contributed by atoms with Gasteiger partial charge < -0.3 is 14.7 Å². The maximum Gasteiger partial charge on any atom is 0.251 e. The summed E-state index contributed by atoms with van der Waals surface area (Å²) in [5.41, 5.74) is 0. The number of likely N-dealkylation sites (tertiary alicyclic amines) is 1. The van der Waals surface area contributed by atoms with Crippen molar-refractivity contribution in [2.24, 2.45) is 11.8 Å². The fourth-order valence-corrected chi connectivity index (χ4v) is 2.41. The number of aliphatic hydroxyl groups is 1. The third-order valence-corrected chi connectivity index (χ3v) is 3.86. The third-order valence-electron chi connectivity index (χ3n) is 3.86. The molecule has 1 rings (SSSR count). The molecule has 1 heterocycles. The molecule has 1 fully saturated rings. The maximum absolute atomic E-state index is 12.3. The second kappa shape index (κ2) is 7.85. The molecule has 1 N–H and O–H groups in total. The zero-order valence-corrected chi connectivity index (χ0v) is 12.8. The molecular formula is C15H29NO3. The molecule has 0 aromatic carbocycles. The van der Waals surface area contributed by atoms with E-state index >= 15 is 0 Å². The molecule has 4 heteroatoms. The van der Waals surface area contributed by atoms with E-state index in [4.69, 9.17) is 4.74 Å². The summed E-state index contributed by atoms with van der Waals surface area (Å²) in [6.07, 6.45) is 2.25. The Morgan fingerprint density at radius 3 is 2.63 bits per heavy atom. The highest BCUT2D eigenvalue weighted by atomic mass is 16.5. The van der Waals surface area contributed by atoms with Crippen LogP contribution in [-0.4, -0.2) is 47.8 Å². The van der Waals surface area contributed by atoms with Gasteiger partial charge in [0.05, 0.1) is 6.10 Å². The number of ether oxygens (including phenoxy) is 1. The fourth-order valence-electron chi connectivity index (χ4n) is 2.41. The Labute approximate surface area is 117 Å². The molecule has 0 aromatic rings. The highest BCUT2D eigenvalue weighted by Crippen LogP contribution is 2.20. The molecule has 4 nitrogen and oxygen atoms in total. The van der Waals surface area contributed by atoms with Crippen molar-refractivity contribution in [3.63, 3.8) is 0 Å². The van der Waals surface area contributed by atoms with Gasteiger partial charge in [-0.2, -0.15) is 0 Å². The van der Waals surface area contributed by atoms with Crippen LogP contribution in [0.25, 0.3) is 0 Å². The quantitative estimate of drug-likeness (QED) is 0.804. The van der Waals surface area contributed by atoms with E-state index in [-0.39, 0.29) is 24.0 Å². The highest BCUT2D eigenvalue weighted by molar-refractivity contribution is 5.80. The van der Waals surface area contributed by atoms with Crippen LogP contribution in [0.3, 0.4) is 0 Å². The summed E-state index contributed by atoms with van der Waals surface area (Å²) >= 11 is 0. The van der Waals surface area contributed by atoms with Crippen LogP contribution in [0.4, 0.5) is 0 Å². The molecule has 0 bridgehead atoms. The van der Waals surface area contributed by atoms with Gasteiger partial charge in [-0.05, 0) is 39.0 Å². The number of piperidine rings is 1. The van der Waals surface area contributed by atoms with Gasteiger partial charge in [0.2, 0.25) is 0 Å². The average molecular weight is 271 g/mol. The molecule has 1 amide bonds. The van der Waals surface area contributed by atoms with E-state index in [1.807, 2.05) is 11.8 Å². The van der Waals surface area contributed by atoms with Crippen molar-refractivity contribution in [2.45, 2.75) is 59.2 Å². The lowest BCUT2D eigenvalue weighted by atomic mass is 9.93. The Morgan fingerprint density at radius 1 is 1.37 bits per heavy atom. The average Bonchev–Trinajstić information content (AvgIpc) is 2.37. The number of aliphatic hydroxyl groups excluding tert-OH is 1. The second-order valence-corrected chi connectivity index (χ2v) is 6.12. The van der Waals surface area contributed by atoms with Gasteiger partial charge in [0.1, 0.15) is 6.10 Å². The molecule has 0 spiro atoms. The van der Waals surface area contributed by atoms with Gasteiger partial charge in [0.15, 0.2) is 0 Å². The highest BCUT2D eigenvalue weighted by Gasteiger charge is 2.29. The Hall–Kier alpha value is -0.610. The Balaban J connectivity index is 2.38. The first-order valence-corrected chi connectivity index (χ1v) is 7.50. The normalized spacial score (nSPS) is 23.5. The monoisotopic (exact) mass is 271 g/mol. The molecular weight excluding hydrogens is 242 g/mol. The Kier molecular flexibility index (Phi) is 6.80. The zero-order chi connectivity index (χ0) is 14.4. The van der Waals surface area contributed by atoms with E-state index in [9.17, 15) is 9.90 Å². The van der Waals surface area contributed by atoms with Crippen LogP contribution >= 0.6 is 0 Å². The maximum atomic E-state index is 12.3. The summed E-state index contributed by atoms with van der Waals surface area (Å²) in [5.74, 6) is 0.867. The van der Waals surface area contributed by atoms with Gasteiger partial charge in [0, 0.05) is 25.6 Å². The number of carbonyl (C=O) groups excluding carboxylic acids is 1. The smallest absolute Gasteiger partial charge is 0.251 e. The molecule has 19 heavy (non-hydrogen) atoms. The van der Waals surface area contributed by atoms with Crippen LogP contribution in [0.2, 0.25) is 0 Å². The van der Waals surface area contributed by atoms with Crippen molar-refractivity contribution in [2.75, 3.05) is 19.7 Å². The van der Waals surface area contributed by atoms with Gasteiger partial charge in [-0.1, -0.05) is 13.8 Å². The summed E-state index contributed by atoms with van der Waals surface area (Å²) < 4.78 is 5.61. The standard InChI is InChI=1S/C15H29NO3/c1-11(2)7-9-19-13(4)15(18)16-8-5-6-14(10-16)12(3)17/h11-14,17H,5-10H2,1-4H3. The first-order valence-electron chi connectivity index (χ1n) is 7.50. The van der Waals surface area contributed by atoms with Gasteiger partial charge in [0.25, 0.3) is 5.91 Å². The van der Waals surface area contributed by atoms with Crippen LogP contribution in [0.5, 0.6) is 0 Å². The number of carbonyl (C=O) groups is 1. The number of hydrogen-bond acceptors (Lipinski definition) is 3. The molecule has 1 saturated heterocycles. The van der Waals surface area contributed by atoms with Crippen LogP contribution in [0.1, 0.15) is 47.0 Å². The first-order chi connectivity index (χ1) is 8.91. The second-order valence-electron chi connectivity index (χ2n) is 6.12. The third kappa shape index (κ3) is 5.49. The van der Waals surface area contributed by atoms with Crippen molar-refractivity contribution in [1.29, 1.82) is 0 Å². The largest absolute Gasteiger partial charge is 0.393 e. The molecule has 3 unspecified atom stereocenters. The van der Waals surface area contributed by atoms with Crippen molar-refractivity contribution < 1.29 is 14.6 Å². The van der Waals surface area contributed by atoms with Gasteiger partial charge in [-0.3, -0.25) is 4.79 Å². The van der Waals surface area contributed by atoms with E-state index in [2.05, 4.69) is 13.8 Å². The van der Waals surface area contributed by atoms with Crippen molar-refractivity contribution >= 4 is 5.91 Å². The van der Waals surface area contributed by atoms with Crippen LogP contribution in [-0.2, 0) is 9.53 Å². The van der Waals surface area contributed by atoms with Crippen LogP contribution < -0.4 is 0 Å². The summed E-state index contributed by atoms with van der Waals surface area (Å²) in [7, 11) is 0. The van der Waals surface area contributed by atoms with E-state index in [1.54, 1.807) is 6.92 Å². The summed E-state index contributed by atoms with van der Waals surface area (Å²) in [6, 6.07) is 0. The van der Waals surface area contributed by atoms with E-state index in [1.165, 1.54) is 0 Å². The Bertz CT molecular complexity index is 279. The molecule has 0 aliphatic carbocycles. The van der Waals surface area contributed by atoms with Crippen LogP contribution in [0.15, 0.2) is 0 Å². The van der Waals surface area contributed by atoms with Crippen molar-refractivity contribution in [1.82, 2.24) is 4.90 Å². The molecule has 0 aromatic heterocycles. The van der Waals surface area contributed by atoms with E-state index < -0.39 is 0 Å². The first kappa shape index (κ1) is 16.4. The van der Waals surface area contributed by atoms with Gasteiger partial charge >= 0.3 is 0 Å². The number of amides is 1. The molecule has 1 aliphatic rings.